The maximum Gasteiger partial charge on any atom is 0.677 e. The molecule has 0 saturated carbocycles. The smallest absolute Gasteiger partial charge is 0.367 e. The highest BCUT2D eigenvalue weighted by Gasteiger charge is 2.47. The third-order valence-electron chi connectivity index (χ3n) is 2.03. The van der Waals surface area contributed by atoms with Crippen molar-refractivity contribution < 1.29 is 18.1 Å². The monoisotopic (exact) mass is 250 g/mol. The molecule has 0 radical (unpaired) electrons. The van der Waals surface area contributed by atoms with Crippen LogP contribution in [0.15, 0.2) is 0 Å². The van der Waals surface area contributed by atoms with E-state index in [1.807, 2.05) is 48.5 Å². The van der Waals surface area contributed by atoms with Gasteiger partial charge in [0.2, 0.25) is 0 Å². The highest BCUT2D eigenvalue weighted by molar-refractivity contribution is 6.52. The van der Waals surface area contributed by atoms with Gasteiger partial charge >= 0.3 is 9.05 Å². The molecule has 0 bridgehead atoms. The van der Waals surface area contributed by atoms with E-state index < -0.39 is 14.6 Å². The lowest BCUT2D eigenvalue weighted by Gasteiger charge is -2.34. The molecule has 0 spiro atoms. The zero-order valence-corrected chi connectivity index (χ0v) is 12.5. The van der Waals surface area contributed by atoms with Gasteiger partial charge in [0.1, 0.15) is 0 Å². The van der Waals surface area contributed by atoms with Gasteiger partial charge in [0.25, 0.3) is 0 Å². The van der Waals surface area contributed by atoms with E-state index in [9.17, 15) is 4.80 Å². The Balaban J connectivity index is 4.65. The minimum atomic E-state index is -3.53. The van der Waals surface area contributed by atoms with Crippen LogP contribution in [0.2, 0.25) is 0 Å². The molecule has 5 heteroatoms. The second-order valence-electron chi connectivity index (χ2n) is 5.07. The van der Waals surface area contributed by atoms with Gasteiger partial charge in [-0.2, -0.15) is 0 Å². The molecule has 0 fully saturated rings. The topological polar surface area (TPSA) is 47.9 Å². The molecule has 0 rings (SSSR count). The van der Waals surface area contributed by atoms with E-state index >= 15 is 0 Å². The fourth-order valence-electron chi connectivity index (χ4n) is 1.09. The summed E-state index contributed by atoms with van der Waals surface area (Å²) in [6.07, 6.45) is 0.539. The zero-order chi connectivity index (χ0) is 13.0. The molecule has 0 saturated heterocycles. The maximum absolute atomic E-state index is 10.3. The third-order valence-corrected chi connectivity index (χ3v) is 4.38. The van der Waals surface area contributed by atoms with Crippen LogP contribution in [0.1, 0.15) is 54.9 Å². The first kappa shape index (κ1) is 16.1. The van der Waals surface area contributed by atoms with Crippen molar-refractivity contribution in [3.63, 3.8) is 0 Å². The van der Waals surface area contributed by atoms with Crippen LogP contribution in [-0.4, -0.2) is 31.7 Å². The highest BCUT2D eigenvalue weighted by atomic mass is 28.4. The molecule has 16 heavy (non-hydrogen) atoms. The Labute approximate surface area is 100 Å². The molecule has 0 aromatic carbocycles. The van der Waals surface area contributed by atoms with Gasteiger partial charge in [0.05, 0.1) is 5.60 Å². The van der Waals surface area contributed by atoms with Gasteiger partial charge in [-0.3, -0.25) is 0 Å². The number of rotatable bonds is 7. The molecule has 98 valence electrons. The summed E-state index contributed by atoms with van der Waals surface area (Å²) in [5, 5.41) is 0. The first-order chi connectivity index (χ1) is 7.10. The van der Waals surface area contributed by atoms with E-state index in [4.69, 9.17) is 13.3 Å². The minimum absolute atomic E-state index is 0.122. The summed E-state index contributed by atoms with van der Waals surface area (Å²) in [5.74, 6) is 0. The first-order valence-corrected chi connectivity index (χ1v) is 7.55. The molecule has 0 unspecified atom stereocenters. The second-order valence-corrected chi connectivity index (χ2v) is 6.80. The normalized spacial score (nSPS) is 13.9. The lowest BCUT2D eigenvalue weighted by Crippen LogP contribution is -2.54. The van der Waals surface area contributed by atoms with Crippen LogP contribution in [0.4, 0.5) is 0 Å². The molecule has 0 heterocycles. The van der Waals surface area contributed by atoms with Crippen LogP contribution in [0, 0.1) is 0 Å². The molecule has 0 aromatic rings. The summed E-state index contributed by atoms with van der Waals surface area (Å²) >= 11 is 0. The Hall–Kier alpha value is 0.0569. The molecule has 0 aliphatic carbocycles. The van der Waals surface area contributed by atoms with Crippen molar-refractivity contribution in [3.8, 4) is 0 Å². The minimum Gasteiger partial charge on any atom is -0.367 e. The highest BCUT2D eigenvalue weighted by Crippen LogP contribution is 2.22. The summed E-state index contributed by atoms with van der Waals surface area (Å²) < 4.78 is 16.5. The summed E-state index contributed by atoms with van der Waals surface area (Å²) in [5.41, 5.74) is -0.440. The average Bonchev–Trinajstić information content (AvgIpc) is 1.98. The third kappa shape index (κ3) is 6.60. The summed E-state index contributed by atoms with van der Waals surface area (Å²) in [6, 6.07) is 0. The van der Waals surface area contributed by atoms with E-state index in [2.05, 4.69) is 0 Å². The Morgan fingerprint density at radius 3 is 1.69 bits per heavy atom. The van der Waals surface area contributed by atoms with Crippen molar-refractivity contribution in [1.82, 2.24) is 0 Å². The standard InChI is InChI=1S/C11H26O4Si/c1-8-11(6,7)15-16(12,13-9(2)3)14-10(4)5/h9-10,12H,8H2,1-7H3. The number of hydrogen-bond donors (Lipinski definition) is 1. The number of hydrogen-bond acceptors (Lipinski definition) is 4. The van der Waals surface area contributed by atoms with Crippen molar-refractivity contribution in [2.75, 3.05) is 0 Å². The van der Waals surface area contributed by atoms with E-state index in [0.29, 0.717) is 0 Å². The predicted molar refractivity (Wildman–Crippen MR) is 65.9 cm³/mol. The first-order valence-electron chi connectivity index (χ1n) is 5.88. The quantitative estimate of drug-likeness (QED) is 0.705. The van der Waals surface area contributed by atoms with Crippen molar-refractivity contribution in [2.45, 2.75) is 72.7 Å². The fourth-order valence-corrected chi connectivity index (χ4v) is 3.28. The largest absolute Gasteiger partial charge is 0.677 e. The van der Waals surface area contributed by atoms with Gasteiger partial charge in [-0.05, 0) is 48.0 Å². The van der Waals surface area contributed by atoms with Crippen LogP contribution in [0.5, 0.6) is 0 Å². The van der Waals surface area contributed by atoms with Gasteiger partial charge in [-0.15, -0.1) is 0 Å². The van der Waals surface area contributed by atoms with E-state index in [1.165, 1.54) is 0 Å². The predicted octanol–water partition coefficient (Wildman–Crippen LogP) is 2.47. The van der Waals surface area contributed by atoms with Gasteiger partial charge in [-0.25, -0.2) is 0 Å². The summed E-state index contributed by atoms with van der Waals surface area (Å²) in [6.45, 7) is 13.2. The van der Waals surface area contributed by atoms with Gasteiger partial charge in [-0.1, -0.05) is 6.92 Å². The van der Waals surface area contributed by atoms with Gasteiger partial charge in [0.15, 0.2) is 0 Å². The fraction of sp³-hybridized carbons (Fsp3) is 1.00. The second kappa shape index (κ2) is 6.12. The Kier molecular flexibility index (Phi) is 6.14. The van der Waals surface area contributed by atoms with Crippen molar-refractivity contribution >= 4 is 9.05 Å². The molecule has 4 nitrogen and oxygen atoms in total. The van der Waals surface area contributed by atoms with E-state index in [-0.39, 0.29) is 12.2 Å². The van der Waals surface area contributed by atoms with Crippen molar-refractivity contribution in [2.24, 2.45) is 0 Å². The van der Waals surface area contributed by atoms with E-state index in [0.717, 1.165) is 6.42 Å². The lowest BCUT2D eigenvalue weighted by atomic mass is 10.1. The maximum atomic E-state index is 10.3. The van der Waals surface area contributed by atoms with Crippen molar-refractivity contribution in [3.05, 3.63) is 0 Å². The molecule has 0 aromatic heterocycles. The average molecular weight is 250 g/mol. The van der Waals surface area contributed by atoms with Crippen LogP contribution in [-0.2, 0) is 13.3 Å². The van der Waals surface area contributed by atoms with Gasteiger partial charge < -0.3 is 18.1 Å². The molecule has 0 amide bonds. The Bertz CT molecular complexity index is 194. The van der Waals surface area contributed by atoms with Crippen LogP contribution >= 0.6 is 0 Å². The van der Waals surface area contributed by atoms with Crippen LogP contribution < -0.4 is 0 Å². The van der Waals surface area contributed by atoms with E-state index in [1.54, 1.807) is 0 Å². The molecule has 0 aliphatic heterocycles. The summed E-state index contributed by atoms with van der Waals surface area (Å²) in [4.78, 5) is 10.3. The Morgan fingerprint density at radius 1 is 1.06 bits per heavy atom. The molecular formula is C11H26O4Si. The van der Waals surface area contributed by atoms with Crippen LogP contribution in [0.3, 0.4) is 0 Å². The Morgan fingerprint density at radius 2 is 1.44 bits per heavy atom. The SMILES string of the molecule is CCC(C)(C)O[Si](O)(OC(C)C)OC(C)C. The van der Waals surface area contributed by atoms with Crippen molar-refractivity contribution in [1.29, 1.82) is 0 Å². The summed E-state index contributed by atoms with van der Waals surface area (Å²) in [7, 11) is -3.53. The molecule has 0 aliphatic rings. The van der Waals surface area contributed by atoms with Gasteiger partial charge in [0, 0.05) is 12.2 Å². The molecule has 1 N–H and O–H groups in total. The van der Waals surface area contributed by atoms with Crippen LogP contribution in [0.25, 0.3) is 0 Å². The molecular weight excluding hydrogens is 224 g/mol. The lowest BCUT2D eigenvalue weighted by molar-refractivity contribution is -0.0862. The molecule has 0 atom stereocenters. The zero-order valence-electron chi connectivity index (χ0n) is 11.5.